The largest absolute Gasteiger partial charge is 0.456 e. The first-order valence-corrected chi connectivity index (χ1v) is 21.8. The molecule has 10 aromatic carbocycles. The van der Waals surface area contributed by atoms with Gasteiger partial charge in [0.1, 0.15) is 11.5 Å². The van der Waals surface area contributed by atoms with Gasteiger partial charge in [-0.3, -0.25) is 0 Å². The SMILES string of the molecule is c1ccc(-c2ccc(N(c3ccc4c(c3)-c3ccccc3Oc3ccccc3-4)c3cccc4c3-c3ccccc3C43c4ccccc4-c4ccccc4-c4ccccc43)cc2)cc1. The summed E-state index contributed by atoms with van der Waals surface area (Å²) in [5.74, 6) is 1.71. The zero-order valence-electron chi connectivity index (χ0n) is 34.4. The summed E-state index contributed by atoms with van der Waals surface area (Å²) in [6.07, 6.45) is 0. The summed E-state index contributed by atoms with van der Waals surface area (Å²) in [6.45, 7) is 0. The second-order valence-corrected chi connectivity index (χ2v) is 16.7. The van der Waals surface area contributed by atoms with Crippen LogP contribution in [0.25, 0.3) is 66.8 Å². The van der Waals surface area contributed by atoms with E-state index in [0.29, 0.717) is 0 Å². The van der Waals surface area contributed by atoms with Crippen molar-refractivity contribution in [2.75, 3.05) is 4.90 Å². The van der Waals surface area contributed by atoms with Crippen LogP contribution in [0.5, 0.6) is 11.5 Å². The Hall–Kier alpha value is -8.20. The lowest BCUT2D eigenvalue weighted by Crippen LogP contribution is -2.29. The predicted molar refractivity (Wildman–Crippen MR) is 259 cm³/mol. The minimum atomic E-state index is -0.593. The van der Waals surface area contributed by atoms with Crippen molar-refractivity contribution in [1.29, 1.82) is 0 Å². The Morgan fingerprint density at radius 3 is 1.37 bits per heavy atom. The maximum absolute atomic E-state index is 6.65. The van der Waals surface area contributed by atoms with Crippen molar-refractivity contribution in [2.45, 2.75) is 5.41 Å². The number of anilines is 3. The molecule has 0 saturated carbocycles. The number of ether oxygens (including phenoxy) is 1. The molecule has 0 N–H and O–H groups in total. The quantitative estimate of drug-likeness (QED) is 0.176. The van der Waals surface area contributed by atoms with E-state index in [2.05, 4.69) is 235 Å². The number of hydrogen-bond acceptors (Lipinski definition) is 2. The van der Waals surface area contributed by atoms with Crippen molar-refractivity contribution in [2.24, 2.45) is 0 Å². The van der Waals surface area contributed by atoms with E-state index in [1.54, 1.807) is 0 Å². The van der Waals surface area contributed by atoms with E-state index in [1.165, 1.54) is 66.8 Å². The maximum Gasteiger partial charge on any atom is 0.135 e. The second kappa shape index (κ2) is 13.9. The normalized spacial score (nSPS) is 13.0. The van der Waals surface area contributed by atoms with Crippen LogP contribution in [-0.4, -0.2) is 0 Å². The molecule has 1 aliphatic heterocycles. The molecule has 294 valence electrons. The lowest BCUT2D eigenvalue weighted by atomic mass is 9.66. The molecule has 0 radical (unpaired) electrons. The summed E-state index contributed by atoms with van der Waals surface area (Å²) in [4.78, 5) is 2.48. The molecular weight excluding hydrogens is 763 g/mol. The van der Waals surface area contributed by atoms with Gasteiger partial charge in [0.15, 0.2) is 0 Å². The maximum atomic E-state index is 6.65. The van der Waals surface area contributed by atoms with E-state index in [9.17, 15) is 0 Å². The molecule has 1 spiro atoms. The van der Waals surface area contributed by atoms with Gasteiger partial charge in [0, 0.05) is 28.1 Å². The molecule has 0 bridgehead atoms. The minimum Gasteiger partial charge on any atom is -0.456 e. The van der Waals surface area contributed by atoms with Gasteiger partial charge in [0.2, 0.25) is 0 Å². The molecule has 0 fully saturated rings. The summed E-state index contributed by atoms with van der Waals surface area (Å²) in [6, 6.07) is 86.7. The molecule has 10 aromatic rings. The van der Waals surface area contributed by atoms with Crippen LogP contribution in [0.1, 0.15) is 22.3 Å². The van der Waals surface area contributed by atoms with E-state index in [4.69, 9.17) is 4.74 Å². The Morgan fingerprint density at radius 2 is 0.730 bits per heavy atom. The average molecular weight is 802 g/mol. The molecule has 2 aliphatic carbocycles. The Morgan fingerprint density at radius 1 is 0.286 bits per heavy atom. The van der Waals surface area contributed by atoms with Gasteiger partial charge in [0.05, 0.1) is 11.1 Å². The monoisotopic (exact) mass is 801 g/mol. The number of nitrogens with zero attached hydrogens (tertiary/aromatic N) is 1. The van der Waals surface area contributed by atoms with E-state index >= 15 is 0 Å². The first-order valence-electron chi connectivity index (χ1n) is 21.8. The molecule has 13 rings (SSSR count). The highest BCUT2D eigenvalue weighted by atomic mass is 16.5. The highest BCUT2D eigenvalue weighted by molar-refractivity contribution is 6.02. The zero-order valence-corrected chi connectivity index (χ0v) is 34.4. The average Bonchev–Trinajstić information content (AvgIpc) is 3.51. The molecule has 0 saturated heterocycles. The van der Waals surface area contributed by atoms with Crippen LogP contribution in [0.15, 0.2) is 237 Å². The third kappa shape index (κ3) is 5.19. The summed E-state index contributed by atoms with van der Waals surface area (Å²) < 4.78 is 6.65. The van der Waals surface area contributed by atoms with E-state index in [0.717, 1.165) is 50.8 Å². The standard InChI is InChI=1S/C61H39NO/c1-2-17-40(18-3-1)41-33-35-42(36-34-41)62(43-37-38-46-49-23-9-14-31-58(49)63-59-32-15-10-24-50(59)52(46)39-43)57-30-16-29-56-60(57)51-25-8-13-28-55(51)61(56)53-26-11-6-21-47(53)44-19-4-5-20-45(44)48-22-7-12-27-54(48)61/h1-39H. The van der Waals surface area contributed by atoms with Gasteiger partial charge in [-0.15, -0.1) is 0 Å². The molecule has 0 amide bonds. The van der Waals surface area contributed by atoms with E-state index < -0.39 is 5.41 Å². The molecule has 2 nitrogen and oxygen atoms in total. The molecule has 2 heteroatoms. The summed E-state index contributed by atoms with van der Waals surface area (Å²) in [5, 5.41) is 0. The van der Waals surface area contributed by atoms with Crippen LogP contribution in [0.4, 0.5) is 17.1 Å². The molecule has 63 heavy (non-hydrogen) atoms. The number of benzene rings is 10. The van der Waals surface area contributed by atoms with Gasteiger partial charge in [-0.25, -0.2) is 0 Å². The van der Waals surface area contributed by atoms with Crippen LogP contribution < -0.4 is 9.64 Å². The van der Waals surface area contributed by atoms with Gasteiger partial charge in [0.25, 0.3) is 0 Å². The number of fused-ring (bicyclic) bond motifs is 17. The fraction of sp³-hybridized carbons (Fsp3) is 0.0164. The smallest absolute Gasteiger partial charge is 0.135 e. The van der Waals surface area contributed by atoms with Crippen molar-refractivity contribution in [3.8, 4) is 78.3 Å². The molecule has 0 atom stereocenters. The highest BCUT2D eigenvalue weighted by Gasteiger charge is 2.50. The first-order chi connectivity index (χ1) is 31.3. The fourth-order valence-corrected chi connectivity index (χ4v) is 10.9. The Balaban J connectivity index is 1.11. The van der Waals surface area contributed by atoms with Crippen LogP contribution in [-0.2, 0) is 5.41 Å². The highest BCUT2D eigenvalue weighted by Crippen LogP contribution is 2.63. The molecule has 0 aromatic heterocycles. The van der Waals surface area contributed by atoms with Crippen LogP contribution >= 0.6 is 0 Å². The minimum absolute atomic E-state index is 0.593. The Bertz CT molecular complexity index is 3370. The van der Waals surface area contributed by atoms with Crippen molar-refractivity contribution < 1.29 is 4.74 Å². The van der Waals surface area contributed by atoms with E-state index in [-0.39, 0.29) is 0 Å². The number of hydrogen-bond donors (Lipinski definition) is 0. The lowest BCUT2D eigenvalue weighted by molar-refractivity contribution is 0.488. The Labute approximate surface area is 367 Å². The third-order valence-electron chi connectivity index (χ3n) is 13.5. The van der Waals surface area contributed by atoms with Gasteiger partial charge in [-0.2, -0.15) is 0 Å². The second-order valence-electron chi connectivity index (χ2n) is 16.7. The summed E-state index contributed by atoms with van der Waals surface area (Å²) in [5.41, 5.74) is 22.2. The van der Waals surface area contributed by atoms with E-state index in [1.807, 2.05) is 6.07 Å². The van der Waals surface area contributed by atoms with Crippen LogP contribution in [0.2, 0.25) is 0 Å². The van der Waals surface area contributed by atoms with Crippen molar-refractivity contribution >= 4 is 17.1 Å². The topological polar surface area (TPSA) is 12.5 Å². The van der Waals surface area contributed by atoms with Crippen LogP contribution in [0, 0.1) is 0 Å². The van der Waals surface area contributed by atoms with Gasteiger partial charge in [-0.1, -0.05) is 194 Å². The number of rotatable bonds is 4. The van der Waals surface area contributed by atoms with Gasteiger partial charge >= 0.3 is 0 Å². The Kier molecular flexibility index (Phi) is 7.85. The van der Waals surface area contributed by atoms with Crippen molar-refractivity contribution in [3.05, 3.63) is 259 Å². The van der Waals surface area contributed by atoms with Crippen molar-refractivity contribution in [3.63, 3.8) is 0 Å². The fourth-order valence-electron chi connectivity index (χ4n) is 10.9. The molecular formula is C61H39NO. The molecule has 1 heterocycles. The van der Waals surface area contributed by atoms with Crippen LogP contribution in [0.3, 0.4) is 0 Å². The van der Waals surface area contributed by atoms with Gasteiger partial charge in [-0.05, 0) is 115 Å². The number of para-hydroxylation sites is 2. The third-order valence-corrected chi connectivity index (χ3v) is 13.5. The zero-order chi connectivity index (χ0) is 41.5. The predicted octanol–water partition coefficient (Wildman–Crippen LogP) is 16.3. The molecule has 0 unspecified atom stereocenters. The van der Waals surface area contributed by atoms with Crippen molar-refractivity contribution in [1.82, 2.24) is 0 Å². The lowest BCUT2D eigenvalue weighted by Gasteiger charge is -2.35. The first kappa shape index (κ1) is 35.5. The molecule has 3 aliphatic rings. The summed E-state index contributed by atoms with van der Waals surface area (Å²) in [7, 11) is 0. The summed E-state index contributed by atoms with van der Waals surface area (Å²) >= 11 is 0. The van der Waals surface area contributed by atoms with Gasteiger partial charge < -0.3 is 9.64 Å².